The minimum Gasteiger partial charge on any atom is -0.480 e. The molecule has 0 spiro atoms. The van der Waals surface area contributed by atoms with Crippen LogP contribution >= 0.6 is 12.2 Å². The first-order chi connectivity index (χ1) is 16.3. The number of rotatable bonds is 9. The van der Waals surface area contributed by atoms with E-state index in [0.29, 0.717) is 57.9 Å². The highest BCUT2D eigenvalue weighted by Crippen LogP contribution is 2.16. The van der Waals surface area contributed by atoms with Gasteiger partial charge in [0.2, 0.25) is 0 Å². The van der Waals surface area contributed by atoms with E-state index in [-0.39, 0.29) is 25.7 Å². The molecule has 4 N–H and O–H groups in total. The zero-order valence-corrected chi connectivity index (χ0v) is 19.7. The smallest absolute Gasteiger partial charge is 0.317 e. The predicted octanol–water partition coefficient (Wildman–Crippen LogP) is 0.0950. The summed E-state index contributed by atoms with van der Waals surface area (Å²) >= 11 is 4.63. The monoisotopic (exact) mass is 493 g/mol. The van der Waals surface area contributed by atoms with Crippen molar-refractivity contribution in [2.75, 3.05) is 65.4 Å². The Bertz CT molecular complexity index is 877. The molecule has 1 aromatic rings. The minimum absolute atomic E-state index is 0.131. The third-order valence-electron chi connectivity index (χ3n) is 5.54. The summed E-state index contributed by atoms with van der Waals surface area (Å²) in [4.78, 5) is 43.7. The van der Waals surface area contributed by atoms with Gasteiger partial charge in [-0.25, -0.2) is 0 Å². The van der Waals surface area contributed by atoms with Crippen LogP contribution in [0.5, 0.6) is 0 Å². The fraction of sp³-hybridized carbons (Fsp3) is 0.545. The molecule has 1 aromatic carbocycles. The van der Waals surface area contributed by atoms with Gasteiger partial charge in [-0.3, -0.25) is 29.1 Å². The molecule has 0 aromatic heterocycles. The van der Waals surface area contributed by atoms with Gasteiger partial charge in [0.1, 0.15) is 0 Å². The van der Waals surface area contributed by atoms with Crippen molar-refractivity contribution >= 4 is 41.0 Å². The van der Waals surface area contributed by atoms with Crippen molar-refractivity contribution in [3.05, 3.63) is 29.8 Å². The van der Waals surface area contributed by atoms with Crippen molar-refractivity contribution in [3.8, 4) is 0 Å². The Hall–Kier alpha value is -2.73. The van der Waals surface area contributed by atoms with Gasteiger partial charge >= 0.3 is 17.9 Å². The fourth-order valence-corrected chi connectivity index (χ4v) is 4.06. The first-order valence-corrected chi connectivity index (χ1v) is 11.4. The molecule has 0 saturated carbocycles. The van der Waals surface area contributed by atoms with E-state index in [1.807, 2.05) is 17.0 Å². The Morgan fingerprint density at radius 2 is 1.50 bits per heavy atom. The van der Waals surface area contributed by atoms with Crippen LogP contribution in [0.15, 0.2) is 29.3 Å². The van der Waals surface area contributed by atoms with Crippen LogP contribution in [0.3, 0.4) is 0 Å². The quantitative estimate of drug-likeness (QED) is 0.274. The lowest BCUT2D eigenvalue weighted by molar-refractivity contribution is -0.141. The Morgan fingerprint density at radius 1 is 0.912 bits per heavy atom. The van der Waals surface area contributed by atoms with Gasteiger partial charge in [-0.15, -0.1) is 0 Å². The maximum atomic E-state index is 11.6. The zero-order chi connectivity index (χ0) is 24.9. The van der Waals surface area contributed by atoms with Crippen LogP contribution in [-0.4, -0.2) is 125 Å². The van der Waals surface area contributed by atoms with E-state index in [1.54, 1.807) is 21.9 Å². The van der Waals surface area contributed by atoms with E-state index in [2.05, 4.69) is 27.7 Å². The lowest BCUT2D eigenvalue weighted by Gasteiger charge is -2.36. The Kier molecular flexibility index (Phi) is 11.7. The number of carbonyl (C=O) groups is 3. The molecule has 2 rings (SSSR count). The lowest BCUT2D eigenvalue weighted by atomic mass is 10.0. The zero-order valence-electron chi connectivity index (χ0n) is 18.9. The summed E-state index contributed by atoms with van der Waals surface area (Å²) in [6.07, 6.45) is 0.504. The van der Waals surface area contributed by atoms with Gasteiger partial charge in [0.05, 0.1) is 30.5 Å². The number of hydrogen-bond acceptors (Lipinski definition) is 9. The number of nitrogens with one attached hydrogen (secondary N) is 1. The molecule has 1 aliphatic heterocycles. The number of benzene rings is 1. The Balaban J connectivity index is 2.29. The highest BCUT2D eigenvalue weighted by molar-refractivity contribution is 7.78. The molecule has 12 heteroatoms. The molecule has 0 bridgehead atoms. The van der Waals surface area contributed by atoms with E-state index >= 15 is 0 Å². The van der Waals surface area contributed by atoms with Gasteiger partial charge in [-0.1, -0.05) is 12.1 Å². The first kappa shape index (κ1) is 27.5. The van der Waals surface area contributed by atoms with Gasteiger partial charge in [0, 0.05) is 51.9 Å². The molecule has 1 unspecified atom stereocenters. The van der Waals surface area contributed by atoms with E-state index in [0.717, 1.165) is 5.56 Å². The van der Waals surface area contributed by atoms with Crippen molar-refractivity contribution < 1.29 is 29.7 Å². The highest BCUT2D eigenvalue weighted by atomic mass is 32.1. The van der Waals surface area contributed by atoms with E-state index < -0.39 is 17.9 Å². The summed E-state index contributed by atoms with van der Waals surface area (Å²) in [7, 11) is 0. The Morgan fingerprint density at radius 3 is 2.12 bits per heavy atom. The third-order valence-corrected chi connectivity index (χ3v) is 5.63. The summed E-state index contributed by atoms with van der Waals surface area (Å²) in [5.74, 6) is -2.89. The van der Waals surface area contributed by atoms with Gasteiger partial charge in [-0.05, 0) is 36.3 Å². The van der Waals surface area contributed by atoms with Crippen molar-refractivity contribution in [1.82, 2.24) is 20.0 Å². The molecule has 11 nitrogen and oxygen atoms in total. The molecule has 186 valence electrons. The maximum Gasteiger partial charge on any atom is 0.317 e. The minimum atomic E-state index is -0.996. The molecule has 1 atom stereocenters. The highest BCUT2D eigenvalue weighted by Gasteiger charge is 2.26. The largest absolute Gasteiger partial charge is 0.480 e. The molecule has 1 heterocycles. The van der Waals surface area contributed by atoms with Crippen molar-refractivity contribution in [2.45, 2.75) is 12.5 Å². The molecule has 0 amide bonds. The number of aliphatic imine (C=N–C) groups is 1. The van der Waals surface area contributed by atoms with Crippen molar-refractivity contribution in [3.63, 3.8) is 0 Å². The number of nitrogens with zero attached hydrogens (tertiary/aromatic N) is 4. The topological polar surface area (TPSA) is 146 Å². The molecule has 1 aliphatic rings. The second-order valence-electron chi connectivity index (χ2n) is 8.14. The van der Waals surface area contributed by atoms with Gasteiger partial charge < -0.3 is 20.6 Å². The second-order valence-corrected chi connectivity index (χ2v) is 8.32. The number of carboxylic acids is 3. The van der Waals surface area contributed by atoms with E-state index in [4.69, 9.17) is 0 Å². The Labute approximate surface area is 203 Å². The van der Waals surface area contributed by atoms with Gasteiger partial charge in [-0.2, -0.15) is 4.99 Å². The number of aliphatic carboxylic acids is 3. The summed E-state index contributed by atoms with van der Waals surface area (Å²) < 4.78 is 0. The van der Waals surface area contributed by atoms with Gasteiger partial charge in [0.25, 0.3) is 0 Å². The SMILES string of the molecule is O=C(O)CN1CCNCCN(CC(=O)O)C(Cc2ccc(N=C=S)cc2)CN(CC(=O)O)CC1. The second kappa shape index (κ2) is 14.5. The van der Waals surface area contributed by atoms with Crippen LogP contribution in [0.1, 0.15) is 5.56 Å². The molecule has 34 heavy (non-hydrogen) atoms. The third kappa shape index (κ3) is 10.5. The molecular weight excluding hydrogens is 462 g/mol. The van der Waals surface area contributed by atoms with Crippen LogP contribution in [0, 0.1) is 0 Å². The molecular formula is C22H31N5O6S. The van der Waals surface area contributed by atoms with Crippen molar-refractivity contribution in [2.24, 2.45) is 4.99 Å². The summed E-state index contributed by atoms with van der Waals surface area (Å²) in [5, 5.41) is 33.7. The van der Waals surface area contributed by atoms with Crippen LogP contribution in [0.2, 0.25) is 0 Å². The normalized spacial score (nSPS) is 19.4. The number of isothiocyanates is 1. The van der Waals surface area contributed by atoms with E-state index in [1.165, 1.54) is 0 Å². The van der Waals surface area contributed by atoms with Crippen LogP contribution in [0.4, 0.5) is 5.69 Å². The number of carboxylic acid groups (broad SMARTS) is 3. The average Bonchev–Trinajstić information content (AvgIpc) is 2.75. The molecule has 1 fully saturated rings. The standard InChI is InChI=1S/C22H31N5O6S/c28-20(29)13-25-7-5-23-6-8-27(15-22(32)33)19(12-26(10-9-25)14-21(30)31)11-17-1-3-18(4-2-17)24-16-34/h1-4,19,23H,5-15H2,(H,28,29)(H,30,31)(H,32,33). The summed E-state index contributed by atoms with van der Waals surface area (Å²) in [6.45, 7) is 2.52. The molecule has 1 saturated heterocycles. The molecule has 0 radical (unpaired) electrons. The molecule has 0 aliphatic carbocycles. The van der Waals surface area contributed by atoms with Crippen molar-refractivity contribution in [1.29, 1.82) is 0 Å². The van der Waals surface area contributed by atoms with Crippen LogP contribution in [-0.2, 0) is 20.8 Å². The average molecular weight is 494 g/mol. The number of hydrogen-bond donors (Lipinski definition) is 4. The van der Waals surface area contributed by atoms with Gasteiger partial charge in [0.15, 0.2) is 0 Å². The fourth-order valence-electron chi connectivity index (χ4n) is 3.96. The van der Waals surface area contributed by atoms with Crippen LogP contribution in [0.25, 0.3) is 0 Å². The summed E-state index contributed by atoms with van der Waals surface area (Å²) in [5.41, 5.74) is 1.61. The lowest BCUT2D eigenvalue weighted by Crippen LogP contribution is -2.52. The van der Waals surface area contributed by atoms with Crippen LogP contribution < -0.4 is 5.32 Å². The maximum absolute atomic E-state index is 11.6. The number of thiocarbonyl (C=S) groups is 1. The van der Waals surface area contributed by atoms with E-state index in [9.17, 15) is 29.7 Å². The summed E-state index contributed by atoms with van der Waals surface area (Å²) in [6, 6.07) is 7.09. The first-order valence-electron chi connectivity index (χ1n) is 11.0. The predicted molar refractivity (Wildman–Crippen MR) is 129 cm³/mol.